The van der Waals surface area contributed by atoms with E-state index in [1.807, 2.05) is 0 Å². The van der Waals surface area contributed by atoms with Gasteiger partial charge in [-0.3, -0.25) is 4.79 Å². The van der Waals surface area contributed by atoms with Crippen LogP contribution >= 0.6 is 23.2 Å². The molecule has 34 heavy (non-hydrogen) atoms. The molecule has 0 spiro atoms. The molecule has 0 radical (unpaired) electrons. The van der Waals surface area contributed by atoms with Crippen molar-refractivity contribution in [2.45, 2.75) is 19.1 Å². The van der Waals surface area contributed by atoms with Crippen LogP contribution in [0.15, 0.2) is 49.2 Å². The number of aliphatic hydroxyl groups is 1. The minimum Gasteiger partial charge on any atom is -0.461 e. The van der Waals surface area contributed by atoms with Crippen LogP contribution in [0.1, 0.15) is 6.92 Å². The molecule has 0 bridgehead atoms. The van der Waals surface area contributed by atoms with Crippen LogP contribution in [0.4, 0.5) is 5.82 Å². The Bertz CT molecular complexity index is 1290. The van der Waals surface area contributed by atoms with Crippen LogP contribution in [-0.4, -0.2) is 66.2 Å². The van der Waals surface area contributed by atoms with Gasteiger partial charge in [0.2, 0.25) is 12.0 Å². The number of halogens is 2. The number of fused-ring (bicyclic) bond motifs is 1. The lowest BCUT2D eigenvalue weighted by atomic mass is 10.3. The molecule has 0 unspecified atom stereocenters. The summed E-state index contributed by atoms with van der Waals surface area (Å²) in [4.78, 5) is 29.7. The Morgan fingerprint density at radius 2 is 2.03 bits per heavy atom. The van der Waals surface area contributed by atoms with Gasteiger partial charge in [0.05, 0.1) is 35.6 Å². The van der Waals surface area contributed by atoms with Crippen LogP contribution in [0, 0.1) is 0 Å². The second-order valence-electron chi connectivity index (χ2n) is 7.07. The molecule has 4 aromatic heterocycles. The summed E-state index contributed by atoms with van der Waals surface area (Å²) in [5.41, 5.74) is 0.383. The van der Waals surface area contributed by atoms with Crippen LogP contribution < -0.4 is 10.1 Å². The Morgan fingerprint density at radius 1 is 1.18 bits per heavy atom. The number of ether oxygens (including phenoxy) is 2. The first kappa shape index (κ1) is 23.8. The van der Waals surface area contributed by atoms with Gasteiger partial charge in [0.25, 0.3) is 5.91 Å². The van der Waals surface area contributed by atoms with Crippen LogP contribution in [0.25, 0.3) is 16.9 Å². The van der Waals surface area contributed by atoms with Crippen LogP contribution in [0.2, 0.25) is 10.0 Å². The quantitative estimate of drug-likeness (QED) is 0.352. The van der Waals surface area contributed by atoms with Crippen molar-refractivity contribution in [3.8, 4) is 11.7 Å². The van der Waals surface area contributed by atoms with Crippen molar-refractivity contribution in [2.24, 2.45) is 0 Å². The van der Waals surface area contributed by atoms with E-state index in [9.17, 15) is 9.90 Å². The molecule has 0 aliphatic carbocycles. The number of hydrogen-bond acceptors (Lipinski definition) is 9. The summed E-state index contributed by atoms with van der Waals surface area (Å²) in [5.74, 6) is 0.232. The first-order valence-electron chi connectivity index (χ1n) is 10.1. The van der Waals surface area contributed by atoms with Crippen molar-refractivity contribution in [1.29, 1.82) is 0 Å². The van der Waals surface area contributed by atoms with E-state index in [0.29, 0.717) is 26.9 Å². The number of rotatable bonds is 9. The molecule has 2 N–H and O–H groups in total. The monoisotopic (exact) mass is 503 g/mol. The van der Waals surface area contributed by atoms with Gasteiger partial charge in [0, 0.05) is 12.4 Å². The third-order valence-corrected chi connectivity index (χ3v) is 5.10. The second kappa shape index (κ2) is 10.7. The van der Waals surface area contributed by atoms with E-state index >= 15 is 0 Å². The van der Waals surface area contributed by atoms with Gasteiger partial charge in [-0.1, -0.05) is 23.2 Å². The van der Waals surface area contributed by atoms with Crippen LogP contribution in [0.5, 0.6) is 5.88 Å². The first-order valence-corrected chi connectivity index (χ1v) is 10.8. The maximum atomic E-state index is 13.0. The molecule has 0 aliphatic heterocycles. The molecule has 0 aliphatic rings. The lowest BCUT2D eigenvalue weighted by Gasteiger charge is -2.20. The van der Waals surface area contributed by atoms with Crippen molar-refractivity contribution in [2.75, 3.05) is 18.5 Å². The highest BCUT2D eigenvalue weighted by Crippen LogP contribution is 2.26. The molecule has 4 rings (SSSR count). The van der Waals surface area contributed by atoms with Gasteiger partial charge in [-0.2, -0.15) is 9.78 Å². The Labute approximate surface area is 203 Å². The summed E-state index contributed by atoms with van der Waals surface area (Å²) in [6.45, 7) is 1.29. The van der Waals surface area contributed by atoms with Crippen LogP contribution in [-0.2, 0) is 9.53 Å². The lowest BCUT2D eigenvalue weighted by molar-refractivity contribution is -0.127. The minimum absolute atomic E-state index is 0.104. The third-order valence-electron chi connectivity index (χ3n) is 4.58. The highest BCUT2D eigenvalue weighted by atomic mass is 35.5. The van der Waals surface area contributed by atoms with Gasteiger partial charge in [0.1, 0.15) is 17.5 Å². The van der Waals surface area contributed by atoms with E-state index in [-0.39, 0.29) is 24.9 Å². The van der Waals surface area contributed by atoms with E-state index in [2.05, 4.69) is 30.4 Å². The average molecular weight is 504 g/mol. The Kier molecular flexibility index (Phi) is 7.48. The van der Waals surface area contributed by atoms with Crippen molar-refractivity contribution in [3.63, 3.8) is 0 Å². The second-order valence-corrected chi connectivity index (χ2v) is 7.91. The summed E-state index contributed by atoms with van der Waals surface area (Å²) < 4.78 is 12.9. The van der Waals surface area contributed by atoms with Crippen molar-refractivity contribution in [1.82, 2.24) is 29.7 Å². The number of anilines is 1. The highest BCUT2D eigenvalue weighted by Gasteiger charge is 2.25. The number of amides is 1. The number of carbonyl (C=O) groups excluding carboxylic acids is 1. The molecule has 1 amide bonds. The largest absolute Gasteiger partial charge is 0.461 e. The number of hydrogen-bond donors (Lipinski definition) is 2. The standard InChI is InChI=1S/C21H19Cl2N7O4/c1-12(9-31)33-10-16(20(32)29-17-5-4-13(22)7-25-17)34-21-14-8-28-30(18(14)26-11-27-21)19-15(23)3-2-6-24-19/h2-8,11-12,16,31H,9-10H2,1H3,(H,25,29,32)/t12-,16+/m1/s1. The minimum atomic E-state index is -1.13. The first-order chi connectivity index (χ1) is 16.5. The molecule has 4 aromatic rings. The van der Waals surface area contributed by atoms with Gasteiger partial charge < -0.3 is 19.9 Å². The Hall–Kier alpha value is -3.38. The number of pyridine rings is 2. The van der Waals surface area contributed by atoms with E-state index in [1.165, 1.54) is 23.4 Å². The maximum absolute atomic E-state index is 13.0. The van der Waals surface area contributed by atoms with E-state index in [4.69, 9.17) is 32.7 Å². The normalized spacial score (nSPS) is 12.9. The summed E-state index contributed by atoms with van der Waals surface area (Å²) >= 11 is 12.1. The predicted octanol–water partition coefficient (Wildman–Crippen LogP) is 2.70. The van der Waals surface area contributed by atoms with E-state index in [1.54, 1.807) is 37.4 Å². The molecular formula is C21H19Cl2N7O4. The topological polar surface area (TPSA) is 137 Å². The molecule has 0 aromatic carbocycles. The highest BCUT2D eigenvalue weighted by molar-refractivity contribution is 6.32. The zero-order valence-corrected chi connectivity index (χ0v) is 19.3. The number of nitrogens with zero attached hydrogens (tertiary/aromatic N) is 6. The summed E-state index contributed by atoms with van der Waals surface area (Å²) in [6.07, 6.45) is 4.11. The van der Waals surface area contributed by atoms with Crippen LogP contribution in [0.3, 0.4) is 0 Å². The number of nitrogens with one attached hydrogen (secondary N) is 1. The molecule has 0 saturated heterocycles. The van der Waals surface area contributed by atoms with Gasteiger partial charge >= 0.3 is 0 Å². The van der Waals surface area contributed by atoms with E-state index in [0.717, 1.165) is 0 Å². The molecule has 0 fully saturated rings. The molecular weight excluding hydrogens is 485 g/mol. The van der Waals surface area contributed by atoms with Gasteiger partial charge in [-0.25, -0.2) is 19.9 Å². The third kappa shape index (κ3) is 5.39. The Morgan fingerprint density at radius 3 is 2.76 bits per heavy atom. The molecule has 11 nitrogen and oxygen atoms in total. The van der Waals surface area contributed by atoms with Gasteiger partial charge in [0.15, 0.2) is 11.5 Å². The van der Waals surface area contributed by atoms with Gasteiger partial charge in [-0.15, -0.1) is 0 Å². The SMILES string of the molecule is C[C@H](CO)OC[C@H](Oc1ncnc2c1cnn2-c1ncccc1Cl)C(=O)Nc1ccc(Cl)cn1. The smallest absolute Gasteiger partial charge is 0.269 e. The Balaban J connectivity index is 1.62. The van der Waals surface area contributed by atoms with Crippen molar-refractivity contribution in [3.05, 3.63) is 59.2 Å². The van der Waals surface area contributed by atoms with Crippen molar-refractivity contribution < 1.29 is 19.4 Å². The zero-order chi connectivity index (χ0) is 24.1. The molecule has 0 saturated carbocycles. The van der Waals surface area contributed by atoms with E-state index < -0.39 is 18.1 Å². The summed E-state index contributed by atoms with van der Waals surface area (Å²) in [6, 6.07) is 6.53. The van der Waals surface area contributed by atoms with Crippen molar-refractivity contribution >= 4 is 46.0 Å². The summed E-state index contributed by atoms with van der Waals surface area (Å²) in [5, 5.41) is 17.5. The molecule has 4 heterocycles. The number of carbonyl (C=O) groups is 1. The van der Waals surface area contributed by atoms with Gasteiger partial charge in [-0.05, 0) is 31.2 Å². The number of aromatic nitrogens is 6. The molecule has 176 valence electrons. The lowest BCUT2D eigenvalue weighted by Crippen LogP contribution is -2.38. The maximum Gasteiger partial charge on any atom is 0.269 e. The number of aliphatic hydroxyl groups excluding tert-OH is 1. The summed E-state index contributed by atoms with van der Waals surface area (Å²) in [7, 11) is 0. The fraction of sp³-hybridized carbons (Fsp3) is 0.238. The molecule has 13 heteroatoms. The average Bonchev–Trinajstić information content (AvgIpc) is 3.28. The predicted molar refractivity (Wildman–Crippen MR) is 124 cm³/mol. The zero-order valence-electron chi connectivity index (χ0n) is 17.8. The fourth-order valence-electron chi connectivity index (χ4n) is 2.86. The fourth-order valence-corrected chi connectivity index (χ4v) is 3.18. The molecule has 2 atom stereocenters.